The first-order chi connectivity index (χ1) is 12.9. The summed E-state index contributed by atoms with van der Waals surface area (Å²) in [5.74, 6) is -0.772. The Kier molecular flexibility index (Phi) is 6.13. The molecule has 9 heteroatoms. The minimum absolute atomic E-state index is 0.126. The van der Waals surface area contributed by atoms with Gasteiger partial charge in [-0.3, -0.25) is 0 Å². The van der Waals surface area contributed by atoms with E-state index < -0.39 is 15.8 Å². The smallest absolute Gasteiger partial charge is 0.317 e. The number of rotatable bonds is 4. The van der Waals surface area contributed by atoms with Crippen molar-refractivity contribution in [1.29, 1.82) is 0 Å². The highest BCUT2D eigenvalue weighted by Crippen LogP contribution is 2.20. The second kappa shape index (κ2) is 8.37. The van der Waals surface area contributed by atoms with Crippen molar-refractivity contribution >= 4 is 32.0 Å². The topological polar surface area (TPSA) is 69.7 Å². The maximum Gasteiger partial charge on any atom is 0.317 e. The zero-order valence-electron chi connectivity index (χ0n) is 14.4. The summed E-state index contributed by atoms with van der Waals surface area (Å²) in [5.41, 5.74) is 0.957. The van der Waals surface area contributed by atoms with Crippen LogP contribution in [0.5, 0.6) is 0 Å². The minimum atomic E-state index is -3.91. The van der Waals surface area contributed by atoms with Crippen LogP contribution in [-0.2, 0) is 16.6 Å². The Morgan fingerprint density at radius 1 is 1.07 bits per heavy atom. The van der Waals surface area contributed by atoms with E-state index in [1.807, 2.05) is 24.3 Å². The van der Waals surface area contributed by atoms with Gasteiger partial charge in [0.2, 0.25) is 10.0 Å². The summed E-state index contributed by atoms with van der Waals surface area (Å²) in [6, 6.07) is 12.7. The van der Waals surface area contributed by atoms with E-state index in [9.17, 15) is 17.6 Å². The molecule has 1 aliphatic rings. The molecule has 27 heavy (non-hydrogen) atoms. The van der Waals surface area contributed by atoms with Crippen LogP contribution in [0.3, 0.4) is 0 Å². The van der Waals surface area contributed by atoms with Crippen LogP contribution in [0.25, 0.3) is 0 Å². The summed E-state index contributed by atoms with van der Waals surface area (Å²) >= 11 is 3.38. The fourth-order valence-electron chi connectivity index (χ4n) is 2.86. The molecule has 1 heterocycles. The molecule has 2 aromatic carbocycles. The normalized spacial score (nSPS) is 15.6. The first-order valence-corrected chi connectivity index (χ1v) is 10.6. The molecule has 0 bridgehead atoms. The molecule has 0 aromatic heterocycles. The lowest BCUT2D eigenvalue weighted by molar-refractivity contribution is 0.172. The van der Waals surface area contributed by atoms with Gasteiger partial charge in [-0.1, -0.05) is 40.2 Å². The monoisotopic (exact) mass is 455 g/mol. The number of urea groups is 1. The number of hydrogen-bond donors (Lipinski definition) is 1. The average molecular weight is 456 g/mol. The van der Waals surface area contributed by atoms with Crippen LogP contribution in [0.2, 0.25) is 0 Å². The van der Waals surface area contributed by atoms with Crippen molar-refractivity contribution in [1.82, 2.24) is 14.5 Å². The molecule has 2 aromatic rings. The Morgan fingerprint density at radius 3 is 2.44 bits per heavy atom. The first-order valence-electron chi connectivity index (χ1n) is 8.40. The molecular weight excluding hydrogens is 437 g/mol. The SMILES string of the molecule is O=C(NCc1cccc(Br)c1)N1CCN(S(=O)(=O)c2ccccc2F)CC1. The molecule has 0 radical (unpaired) electrons. The van der Waals surface area contributed by atoms with Crippen molar-refractivity contribution in [3.05, 3.63) is 64.4 Å². The van der Waals surface area contributed by atoms with Crippen LogP contribution in [0.4, 0.5) is 9.18 Å². The van der Waals surface area contributed by atoms with Gasteiger partial charge in [0.25, 0.3) is 0 Å². The van der Waals surface area contributed by atoms with E-state index in [1.165, 1.54) is 22.5 Å². The summed E-state index contributed by atoms with van der Waals surface area (Å²) in [6.45, 7) is 1.13. The maximum atomic E-state index is 13.9. The number of piperazine rings is 1. The molecule has 3 rings (SSSR count). The number of carbonyl (C=O) groups is 1. The Labute approximate surface area is 166 Å². The molecular formula is C18H19BrFN3O3S. The maximum absolute atomic E-state index is 13.9. The molecule has 144 valence electrons. The molecule has 0 spiro atoms. The van der Waals surface area contributed by atoms with Gasteiger partial charge in [-0.2, -0.15) is 4.31 Å². The van der Waals surface area contributed by atoms with Crippen LogP contribution in [0.1, 0.15) is 5.56 Å². The van der Waals surface area contributed by atoms with E-state index in [-0.39, 0.29) is 37.1 Å². The summed E-state index contributed by atoms with van der Waals surface area (Å²) in [4.78, 5) is 13.5. The van der Waals surface area contributed by atoms with Crippen molar-refractivity contribution in [2.75, 3.05) is 26.2 Å². The quantitative estimate of drug-likeness (QED) is 0.770. The van der Waals surface area contributed by atoms with Gasteiger partial charge in [-0.05, 0) is 29.8 Å². The average Bonchev–Trinajstić information content (AvgIpc) is 2.66. The first kappa shape index (κ1) is 19.8. The van der Waals surface area contributed by atoms with Crippen LogP contribution < -0.4 is 5.32 Å². The summed E-state index contributed by atoms with van der Waals surface area (Å²) in [5, 5.41) is 2.83. The Morgan fingerprint density at radius 2 is 1.78 bits per heavy atom. The third-order valence-corrected chi connectivity index (χ3v) is 6.74. The molecule has 2 amide bonds. The largest absolute Gasteiger partial charge is 0.334 e. The Hall–Kier alpha value is -1.97. The van der Waals surface area contributed by atoms with Gasteiger partial charge < -0.3 is 10.2 Å². The van der Waals surface area contributed by atoms with E-state index in [1.54, 1.807) is 4.90 Å². The zero-order chi connectivity index (χ0) is 19.4. The highest BCUT2D eigenvalue weighted by molar-refractivity contribution is 9.10. The second-order valence-electron chi connectivity index (χ2n) is 6.11. The van der Waals surface area contributed by atoms with E-state index in [0.717, 1.165) is 16.1 Å². The number of sulfonamides is 1. The van der Waals surface area contributed by atoms with Gasteiger partial charge in [-0.15, -0.1) is 0 Å². The van der Waals surface area contributed by atoms with Crippen molar-refractivity contribution in [2.45, 2.75) is 11.4 Å². The third-order valence-electron chi connectivity index (χ3n) is 4.31. The fraction of sp³-hybridized carbons (Fsp3) is 0.278. The van der Waals surface area contributed by atoms with Crippen molar-refractivity contribution < 1.29 is 17.6 Å². The van der Waals surface area contributed by atoms with Gasteiger partial charge in [0.05, 0.1) is 0 Å². The molecule has 1 N–H and O–H groups in total. The molecule has 0 atom stereocenters. The standard InChI is InChI=1S/C18H19BrFN3O3S/c19-15-5-3-4-14(12-15)13-21-18(24)22-8-10-23(11-9-22)27(25,26)17-7-2-1-6-16(17)20/h1-7,12H,8-11,13H2,(H,21,24). The molecule has 1 saturated heterocycles. The predicted molar refractivity (Wildman–Crippen MR) is 103 cm³/mol. The number of amides is 2. The lowest BCUT2D eigenvalue weighted by Gasteiger charge is -2.34. The highest BCUT2D eigenvalue weighted by atomic mass is 79.9. The fourth-order valence-corrected chi connectivity index (χ4v) is 4.79. The molecule has 1 aliphatic heterocycles. The third kappa shape index (κ3) is 4.66. The molecule has 0 saturated carbocycles. The molecule has 0 unspecified atom stereocenters. The lowest BCUT2D eigenvalue weighted by atomic mass is 10.2. The van der Waals surface area contributed by atoms with Crippen LogP contribution >= 0.6 is 15.9 Å². The number of nitrogens with one attached hydrogen (secondary N) is 1. The summed E-state index contributed by atoms with van der Waals surface area (Å²) < 4.78 is 41.2. The zero-order valence-corrected chi connectivity index (χ0v) is 16.8. The molecule has 6 nitrogen and oxygen atoms in total. The molecule has 0 aliphatic carbocycles. The summed E-state index contributed by atoms with van der Waals surface area (Å²) in [6.07, 6.45) is 0. The van der Waals surface area contributed by atoms with Crippen LogP contribution in [-0.4, -0.2) is 49.8 Å². The van der Waals surface area contributed by atoms with Gasteiger partial charge in [0.15, 0.2) is 0 Å². The number of carbonyl (C=O) groups excluding carboxylic acids is 1. The van der Waals surface area contributed by atoms with Crippen LogP contribution in [0.15, 0.2) is 57.9 Å². The lowest BCUT2D eigenvalue weighted by Crippen LogP contribution is -2.53. The number of halogens is 2. The number of nitrogens with zero attached hydrogens (tertiary/aromatic N) is 2. The van der Waals surface area contributed by atoms with Gasteiger partial charge in [-0.25, -0.2) is 17.6 Å². The summed E-state index contributed by atoms with van der Waals surface area (Å²) in [7, 11) is -3.91. The Balaban J connectivity index is 1.57. The van der Waals surface area contributed by atoms with E-state index in [2.05, 4.69) is 21.2 Å². The van der Waals surface area contributed by atoms with E-state index >= 15 is 0 Å². The van der Waals surface area contributed by atoms with Crippen molar-refractivity contribution in [3.8, 4) is 0 Å². The van der Waals surface area contributed by atoms with Gasteiger partial charge in [0.1, 0.15) is 10.7 Å². The van der Waals surface area contributed by atoms with E-state index in [0.29, 0.717) is 6.54 Å². The number of benzene rings is 2. The van der Waals surface area contributed by atoms with Crippen LogP contribution in [0, 0.1) is 5.82 Å². The van der Waals surface area contributed by atoms with Crippen molar-refractivity contribution in [3.63, 3.8) is 0 Å². The van der Waals surface area contributed by atoms with Gasteiger partial charge in [0, 0.05) is 37.2 Å². The highest BCUT2D eigenvalue weighted by Gasteiger charge is 2.31. The number of hydrogen-bond acceptors (Lipinski definition) is 3. The Bertz CT molecular complexity index is 931. The minimum Gasteiger partial charge on any atom is -0.334 e. The second-order valence-corrected chi connectivity index (χ2v) is 8.93. The van der Waals surface area contributed by atoms with E-state index in [4.69, 9.17) is 0 Å². The van der Waals surface area contributed by atoms with Crippen molar-refractivity contribution in [2.24, 2.45) is 0 Å². The molecule has 1 fully saturated rings. The van der Waals surface area contributed by atoms with Gasteiger partial charge >= 0.3 is 6.03 Å². The predicted octanol–water partition coefficient (Wildman–Crippen LogP) is 2.80.